The topological polar surface area (TPSA) is 89.2 Å². The molecule has 5 rings (SSSR count). The van der Waals surface area contributed by atoms with E-state index in [1.54, 1.807) is 53.4 Å². The quantitative estimate of drug-likeness (QED) is 0.495. The van der Waals surface area contributed by atoms with Gasteiger partial charge in [0.25, 0.3) is 11.8 Å². The van der Waals surface area contributed by atoms with Gasteiger partial charge in [0, 0.05) is 23.4 Å². The summed E-state index contributed by atoms with van der Waals surface area (Å²) in [7, 11) is 0. The Morgan fingerprint density at radius 3 is 2.39 bits per heavy atom. The van der Waals surface area contributed by atoms with Crippen LogP contribution in [0.1, 0.15) is 33.7 Å². The number of carbonyl (C=O) groups excluding carboxylic acids is 2. The van der Waals surface area contributed by atoms with Crippen molar-refractivity contribution in [2.45, 2.75) is 18.9 Å². The number of para-hydroxylation sites is 1. The van der Waals surface area contributed by atoms with Crippen molar-refractivity contribution < 1.29 is 14.0 Å². The molecule has 2 aromatic carbocycles. The van der Waals surface area contributed by atoms with Crippen LogP contribution in [0.2, 0.25) is 0 Å². The molecule has 7 heteroatoms. The van der Waals surface area contributed by atoms with Gasteiger partial charge in [0.05, 0.1) is 12.0 Å². The maximum atomic E-state index is 13.1. The van der Waals surface area contributed by atoms with E-state index in [4.69, 9.17) is 4.42 Å². The summed E-state index contributed by atoms with van der Waals surface area (Å²) in [5, 5.41) is 10.4. The molecule has 1 fully saturated rings. The van der Waals surface area contributed by atoms with Gasteiger partial charge in [-0.15, -0.1) is 0 Å². The number of amides is 2. The Balaban J connectivity index is 1.40. The maximum absolute atomic E-state index is 13.1. The number of hydrogen-bond donors (Lipinski definition) is 2. The van der Waals surface area contributed by atoms with E-state index >= 15 is 0 Å². The van der Waals surface area contributed by atoms with Crippen LogP contribution in [0, 0.1) is 0 Å². The van der Waals surface area contributed by atoms with E-state index in [-0.39, 0.29) is 11.8 Å². The highest BCUT2D eigenvalue weighted by atomic mass is 16.3. The largest absolute Gasteiger partial charge is 0.463 e. The molecular weight excluding hydrogens is 392 g/mol. The van der Waals surface area contributed by atoms with Gasteiger partial charge < -0.3 is 15.1 Å². The van der Waals surface area contributed by atoms with Crippen LogP contribution in [-0.2, 0) is 0 Å². The fourth-order valence-electron chi connectivity index (χ4n) is 3.25. The molecule has 2 aromatic heterocycles. The van der Waals surface area contributed by atoms with Crippen LogP contribution in [0.25, 0.3) is 17.1 Å². The molecule has 0 aliphatic heterocycles. The highest BCUT2D eigenvalue weighted by Crippen LogP contribution is 2.23. The van der Waals surface area contributed by atoms with Gasteiger partial charge >= 0.3 is 0 Å². The molecule has 0 unspecified atom stereocenters. The third kappa shape index (κ3) is 4.11. The molecule has 7 nitrogen and oxygen atoms in total. The zero-order valence-electron chi connectivity index (χ0n) is 16.6. The van der Waals surface area contributed by atoms with Gasteiger partial charge in [-0.1, -0.05) is 18.2 Å². The highest BCUT2D eigenvalue weighted by Gasteiger charge is 2.24. The summed E-state index contributed by atoms with van der Waals surface area (Å²) >= 11 is 0. The Morgan fingerprint density at radius 2 is 1.71 bits per heavy atom. The lowest BCUT2D eigenvalue weighted by Gasteiger charge is -2.09. The molecule has 154 valence electrons. The number of aromatic nitrogens is 2. The lowest BCUT2D eigenvalue weighted by atomic mass is 10.2. The normalized spacial score (nSPS) is 13.0. The summed E-state index contributed by atoms with van der Waals surface area (Å²) in [6.07, 6.45) is 3.64. The van der Waals surface area contributed by atoms with Crippen LogP contribution in [0.5, 0.6) is 0 Å². The van der Waals surface area contributed by atoms with E-state index in [0.717, 1.165) is 18.5 Å². The van der Waals surface area contributed by atoms with Crippen molar-refractivity contribution in [3.63, 3.8) is 0 Å². The standard InChI is InChI=1S/C24H20N4O3/c29-23(25-18-12-13-18)16-8-10-17(11-9-16)26-24(30)21-15-20(22-7-4-14-31-22)27-28(21)19-5-2-1-3-6-19/h1-11,14-15,18H,12-13H2,(H,25,29)(H,26,30). The number of carbonyl (C=O) groups is 2. The van der Waals surface area contributed by atoms with Crippen LogP contribution in [0.4, 0.5) is 5.69 Å². The molecule has 1 aliphatic carbocycles. The first-order valence-electron chi connectivity index (χ1n) is 10.1. The second-order valence-corrected chi connectivity index (χ2v) is 7.42. The van der Waals surface area contributed by atoms with Gasteiger partial charge in [-0.2, -0.15) is 5.10 Å². The van der Waals surface area contributed by atoms with Crippen LogP contribution < -0.4 is 10.6 Å². The minimum atomic E-state index is -0.315. The summed E-state index contributed by atoms with van der Waals surface area (Å²) in [5.74, 6) is 0.171. The first kappa shape index (κ1) is 18.9. The second-order valence-electron chi connectivity index (χ2n) is 7.42. The molecule has 0 saturated heterocycles. The zero-order chi connectivity index (χ0) is 21.2. The molecular formula is C24H20N4O3. The average molecular weight is 412 g/mol. The van der Waals surface area contributed by atoms with E-state index < -0.39 is 0 Å². The molecule has 1 aliphatic rings. The molecule has 1 saturated carbocycles. The predicted octanol–water partition coefficient (Wildman–Crippen LogP) is 4.28. The second kappa shape index (κ2) is 7.95. The number of nitrogens with zero attached hydrogens (tertiary/aromatic N) is 2. The molecule has 0 bridgehead atoms. The van der Waals surface area contributed by atoms with E-state index in [1.807, 2.05) is 30.3 Å². The molecule has 2 amide bonds. The smallest absolute Gasteiger partial charge is 0.274 e. The molecule has 4 aromatic rings. The monoisotopic (exact) mass is 412 g/mol. The Hall–Kier alpha value is -4.13. The minimum Gasteiger partial charge on any atom is -0.463 e. The molecule has 0 atom stereocenters. The first-order chi connectivity index (χ1) is 15.2. The maximum Gasteiger partial charge on any atom is 0.274 e. The molecule has 2 N–H and O–H groups in total. The van der Waals surface area contributed by atoms with Gasteiger partial charge in [-0.3, -0.25) is 9.59 Å². The zero-order valence-corrected chi connectivity index (χ0v) is 16.6. The summed E-state index contributed by atoms with van der Waals surface area (Å²) < 4.78 is 7.03. The first-order valence-corrected chi connectivity index (χ1v) is 10.1. The van der Waals surface area contributed by atoms with Crippen molar-refractivity contribution >= 4 is 17.5 Å². The molecule has 0 radical (unpaired) electrons. The van der Waals surface area contributed by atoms with Crippen LogP contribution in [0.3, 0.4) is 0 Å². The number of furan rings is 1. The van der Waals surface area contributed by atoms with E-state index in [1.165, 1.54) is 0 Å². The minimum absolute atomic E-state index is 0.0920. The van der Waals surface area contributed by atoms with Crippen LogP contribution >= 0.6 is 0 Å². The van der Waals surface area contributed by atoms with Crippen molar-refractivity contribution in [3.05, 3.63) is 90.3 Å². The molecule has 2 heterocycles. The summed E-state index contributed by atoms with van der Waals surface area (Å²) in [6.45, 7) is 0. The number of hydrogen-bond acceptors (Lipinski definition) is 4. The van der Waals surface area contributed by atoms with Crippen molar-refractivity contribution in [1.29, 1.82) is 0 Å². The third-order valence-corrected chi connectivity index (χ3v) is 5.03. The number of rotatable bonds is 6. The Labute approximate surface area is 178 Å². The fourth-order valence-corrected chi connectivity index (χ4v) is 3.25. The van der Waals surface area contributed by atoms with Crippen LogP contribution in [-0.4, -0.2) is 27.6 Å². The molecule has 0 spiro atoms. The van der Waals surface area contributed by atoms with E-state index in [9.17, 15) is 9.59 Å². The summed E-state index contributed by atoms with van der Waals surface area (Å²) in [6, 6.07) is 21.8. The van der Waals surface area contributed by atoms with E-state index in [0.29, 0.717) is 34.4 Å². The number of anilines is 1. The van der Waals surface area contributed by atoms with Crippen LogP contribution in [0.15, 0.2) is 83.5 Å². The Kier molecular flexibility index (Phi) is 4.84. The van der Waals surface area contributed by atoms with Gasteiger partial charge in [0.15, 0.2) is 5.76 Å². The third-order valence-electron chi connectivity index (χ3n) is 5.03. The van der Waals surface area contributed by atoms with Crippen molar-refractivity contribution in [2.75, 3.05) is 5.32 Å². The Bertz CT molecular complexity index is 1210. The van der Waals surface area contributed by atoms with Crippen molar-refractivity contribution in [1.82, 2.24) is 15.1 Å². The lowest BCUT2D eigenvalue weighted by Crippen LogP contribution is -2.25. The number of nitrogens with one attached hydrogen (secondary N) is 2. The lowest BCUT2D eigenvalue weighted by molar-refractivity contribution is 0.0950. The summed E-state index contributed by atoms with van der Waals surface area (Å²) in [4.78, 5) is 25.2. The highest BCUT2D eigenvalue weighted by molar-refractivity contribution is 6.04. The van der Waals surface area contributed by atoms with Gasteiger partial charge in [0.1, 0.15) is 11.4 Å². The number of benzene rings is 2. The van der Waals surface area contributed by atoms with E-state index in [2.05, 4.69) is 15.7 Å². The Morgan fingerprint density at radius 1 is 0.935 bits per heavy atom. The molecule has 31 heavy (non-hydrogen) atoms. The average Bonchev–Trinajstić information content (AvgIpc) is 3.27. The fraction of sp³-hybridized carbons (Fsp3) is 0.125. The van der Waals surface area contributed by atoms with Crippen molar-refractivity contribution in [3.8, 4) is 17.1 Å². The van der Waals surface area contributed by atoms with Gasteiger partial charge in [-0.25, -0.2) is 4.68 Å². The van der Waals surface area contributed by atoms with Gasteiger partial charge in [0.2, 0.25) is 0 Å². The SMILES string of the molecule is O=C(NC1CC1)c1ccc(NC(=O)c2cc(-c3ccco3)nn2-c2ccccc2)cc1. The summed E-state index contributed by atoms with van der Waals surface area (Å²) in [5.41, 5.74) is 2.85. The van der Waals surface area contributed by atoms with Gasteiger partial charge in [-0.05, 0) is 61.4 Å². The van der Waals surface area contributed by atoms with Crippen molar-refractivity contribution in [2.24, 2.45) is 0 Å². The predicted molar refractivity (Wildman–Crippen MR) is 116 cm³/mol.